The van der Waals surface area contributed by atoms with Gasteiger partial charge in [0.05, 0.1) is 39.8 Å². The van der Waals surface area contributed by atoms with Gasteiger partial charge in [-0.15, -0.1) is 0 Å². The molecule has 0 aromatic heterocycles. The normalized spacial score (nSPS) is 22.0. The Bertz CT molecular complexity index is 1560. The number of rotatable bonds is 7. The maximum absolute atomic E-state index is 14.8. The number of halogens is 3. The number of phenols is 1. The second-order valence-corrected chi connectivity index (χ2v) is 11.5. The number of allylic oxidation sites excluding steroid dienone is 3. The highest BCUT2D eigenvalue weighted by molar-refractivity contribution is 14.1. The summed E-state index contributed by atoms with van der Waals surface area (Å²) in [6.45, 7) is 4.03. The number of amides is 2. The van der Waals surface area contributed by atoms with Gasteiger partial charge in [-0.05, 0) is 88.2 Å². The number of ether oxygens (including phenoxy) is 2. The van der Waals surface area contributed by atoms with E-state index in [1.807, 2.05) is 40.8 Å². The highest BCUT2D eigenvalue weighted by Gasteiger charge is 2.66. The average molecular weight is 691 g/mol. The maximum atomic E-state index is 14.8. The minimum atomic E-state index is -1.36. The highest BCUT2D eigenvalue weighted by Crippen LogP contribution is 2.58. The Morgan fingerprint density at radius 1 is 1.10 bits per heavy atom. The fourth-order valence-electron chi connectivity index (χ4n) is 5.77. The summed E-state index contributed by atoms with van der Waals surface area (Å²) in [6, 6.07) is 15.5. The van der Waals surface area contributed by atoms with E-state index < -0.39 is 29.1 Å². The molecular formula is C30H25Cl2IN2O5. The van der Waals surface area contributed by atoms with Crippen LogP contribution in [0.1, 0.15) is 23.5 Å². The zero-order valence-corrected chi connectivity index (χ0v) is 25.3. The molecule has 2 aliphatic rings. The molecule has 5 rings (SSSR count). The van der Waals surface area contributed by atoms with Crippen LogP contribution in [-0.4, -0.2) is 36.1 Å². The molecular weight excluding hydrogens is 666 g/mol. The molecule has 1 aliphatic carbocycles. The van der Waals surface area contributed by atoms with E-state index in [2.05, 4.69) is 12.0 Å². The quantitative estimate of drug-likeness (QED) is 0.208. The number of aromatic hydroxyl groups is 1. The van der Waals surface area contributed by atoms with Crippen molar-refractivity contribution in [3.8, 4) is 17.2 Å². The van der Waals surface area contributed by atoms with E-state index in [4.69, 9.17) is 32.7 Å². The first-order valence-electron chi connectivity index (χ1n) is 12.3. The number of hydrogen-bond acceptors (Lipinski definition) is 6. The smallest absolute Gasteiger partial charge is 0.260 e. The van der Waals surface area contributed by atoms with Crippen LogP contribution in [-0.2, 0) is 15.0 Å². The van der Waals surface area contributed by atoms with Gasteiger partial charge in [-0.3, -0.25) is 15.0 Å². The molecule has 1 fully saturated rings. The molecule has 0 spiro atoms. The van der Waals surface area contributed by atoms with E-state index in [0.717, 1.165) is 10.6 Å². The number of nitrogens with zero attached hydrogens (tertiary/aromatic N) is 1. The van der Waals surface area contributed by atoms with Gasteiger partial charge >= 0.3 is 0 Å². The molecule has 1 saturated heterocycles. The van der Waals surface area contributed by atoms with Crippen LogP contribution in [0.3, 0.4) is 0 Å². The van der Waals surface area contributed by atoms with Crippen molar-refractivity contribution >= 4 is 63.3 Å². The van der Waals surface area contributed by atoms with E-state index in [-0.39, 0.29) is 16.5 Å². The lowest BCUT2D eigenvalue weighted by molar-refractivity contribution is -0.138. The summed E-state index contributed by atoms with van der Waals surface area (Å²) in [6.07, 6.45) is 3.97. The molecule has 0 saturated carbocycles. The van der Waals surface area contributed by atoms with Gasteiger partial charge in [-0.2, -0.15) is 5.01 Å². The molecule has 3 unspecified atom stereocenters. The van der Waals surface area contributed by atoms with E-state index in [1.54, 1.807) is 49.6 Å². The fourth-order valence-corrected chi connectivity index (χ4v) is 6.84. The van der Waals surface area contributed by atoms with Gasteiger partial charge in [-0.25, -0.2) is 0 Å². The molecule has 206 valence electrons. The molecule has 3 atom stereocenters. The summed E-state index contributed by atoms with van der Waals surface area (Å²) in [4.78, 5) is 28.8. The fraction of sp³-hybridized carbons (Fsp3) is 0.200. The first-order chi connectivity index (χ1) is 19.2. The average Bonchev–Trinajstić information content (AvgIpc) is 3.17. The number of nitrogens with one attached hydrogen (secondary N) is 1. The van der Waals surface area contributed by atoms with Crippen LogP contribution in [0.5, 0.6) is 17.2 Å². The van der Waals surface area contributed by atoms with Crippen molar-refractivity contribution in [3.63, 3.8) is 0 Å². The molecule has 3 aromatic rings. The number of carbonyl (C=O) groups is 2. The van der Waals surface area contributed by atoms with Gasteiger partial charge in [0.25, 0.3) is 11.8 Å². The molecule has 0 bridgehead atoms. The molecule has 7 nitrogen and oxygen atoms in total. The van der Waals surface area contributed by atoms with Crippen LogP contribution in [0.4, 0.5) is 5.69 Å². The molecule has 2 N–H and O–H groups in total. The first kappa shape index (κ1) is 28.3. The molecule has 3 aromatic carbocycles. The van der Waals surface area contributed by atoms with Gasteiger partial charge in [-0.1, -0.05) is 54.1 Å². The number of anilines is 1. The Hall–Kier alpha value is -3.21. The summed E-state index contributed by atoms with van der Waals surface area (Å²) in [5, 5.41) is 12.3. The van der Waals surface area contributed by atoms with Crippen molar-refractivity contribution < 1.29 is 24.2 Å². The lowest BCUT2D eigenvalue weighted by atomic mass is 9.56. The van der Waals surface area contributed by atoms with Crippen LogP contribution in [0.25, 0.3) is 0 Å². The SMILES string of the molecule is C=CC1=CCC2C(=O)N(Nc3ccc(Cl)cc3Cl)C(=O)C2(c2ccc(OC)cc2)C1c1cc(I)c(O)c(OC)c1. The standard InChI is InChI=1S/C30H25Cl2IN2O5/c1-4-16-5-11-21-28(37)35(34-24-12-8-19(31)15-22(24)32)29(38)30(21,18-6-9-20(39-2)10-7-18)26(16)17-13-23(33)27(36)25(14-17)40-3/h4-10,12-15,21,26,34,36H,1,11H2,2-3H3. The molecule has 2 amide bonds. The van der Waals surface area contributed by atoms with Crippen LogP contribution in [0.2, 0.25) is 10.0 Å². The monoisotopic (exact) mass is 690 g/mol. The van der Waals surface area contributed by atoms with Crippen molar-refractivity contribution in [2.75, 3.05) is 19.6 Å². The van der Waals surface area contributed by atoms with Crippen LogP contribution in [0, 0.1) is 9.49 Å². The molecule has 0 radical (unpaired) electrons. The summed E-state index contributed by atoms with van der Waals surface area (Å²) < 4.78 is 11.4. The highest BCUT2D eigenvalue weighted by atomic mass is 127. The summed E-state index contributed by atoms with van der Waals surface area (Å²) >= 11 is 14.5. The predicted molar refractivity (Wildman–Crippen MR) is 163 cm³/mol. The maximum Gasteiger partial charge on any atom is 0.260 e. The third-order valence-electron chi connectivity index (χ3n) is 7.57. The Morgan fingerprint density at radius 3 is 2.45 bits per heavy atom. The topological polar surface area (TPSA) is 88.1 Å². The van der Waals surface area contributed by atoms with E-state index in [0.29, 0.717) is 37.6 Å². The van der Waals surface area contributed by atoms with Gasteiger partial charge in [0, 0.05) is 10.9 Å². The zero-order chi connectivity index (χ0) is 28.8. The second-order valence-electron chi connectivity index (χ2n) is 9.50. The third-order valence-corrected chi connectivity index (χ3v) is 8.94. The summed E-state index contributed by atoms with van der Waals surface area (Å²) in [5.74, 6) is -1.35. The predicted octanol–water partition coefficient (Wildman–Crippen LogP) is 6.87. The number of fused-ring (bicyclic) bond motifs is 1. The molecule has 1 heterocycles. The minimum Gasteiger partial charge on any atom is -0.504 e. The van der Waals surface area contributed by atoms with Gasteiger partial charge < -0.3 is 14.6 Å². The lowest BCUT2D eigenvalue weighted by Gasteiger charge is -2.43. The number of phenolic OH excluding ortho intramolecular Hbond substituents is 1. The Labute approximate surface area is 255 Å². The van der Waals surface area contributed by atoms with Crippen molar-refractivity contribution in [1.29, 1.82) is 0 Å². The molecule has 10 heteroatoms. The van der Waals surface area contributed by atoms with E-state index in [1.165, 1.54) is 13.2 Å². The van der Waals surface area contributed by atoms with Crippen molar-refractivity contribution in [2.45, 2.75) is 17.8 Å². The minimum absolute atomic E-state index is 0.00339. The Balaban J connectivity index is 1.76. The van der Waals surface area contributed by atoms with E-state index in [9.17, 15) is 14.7 Å². The molecule has 40 heavy (non-hydrogen) atoms. The van der Waals surface area contributed by atoms with Gasteiger partial charge in [0.1, 0.15) is 5.75 Å². The number of imide groups is 1. The first-order valence-corrected chi connectivity index (χ1v) is 14.1. The number of methoxy groups -OCH3 is 2. The third kappa shape index (κ3) is 4.42. The van der Waals surface area contributed by atoms with Crippen molar-refractivity contribution in [3.05, 3.63) is 104 Å². The van der Waals surface area contributed by atoms with Gasteiger partial charge in [0.15, 0.2) is 11.5 Å². The largest absolute Gasteiger partial charge is 0.504 e. The number of carbonyl (C=O) groups excluding carboxylic acids is 2. The lowest BCUT2D eigenvalue weighted by Crippen LogP contribution is -2.48. The Kier molecular flexibility index (Phi) is 7.78. The summed E-state index contributed by atoms with van der Waals surface area (Å²) in [7, 11) is 3.03. The summed E-state index contributed by atoms with van der Waals surface area (Å²) in [5.41, 5.74) is 4.08. The molecule has 1 aliphatic heterocycles. The Morgan fingerprint density at radius 2 is 1.82 bits per heavy atom. The van der Waals surface area contributed by atoms with Crippen molar-refractivity contribution in [2.24, 2.45) is 5.92 Å². The van der Waals surface area contributed by atoms with Crippen LogP contribution >= 0.6 is 45.8 Å². The van der Waals surface area contributed by atoms with E-state index >= 15 is 0 Å². The number of benzene rings is 3. The van der Waals surface area contributed by atoms with Crippen LogP contribution in [0.15, 0.2) is 78.9 Å². The van der Waals surface area contributed by atoms with Crippen molar-refractivity contribution in [1.82, 2.24) is 5.01 Å². The zero-order valence-electron chi connectivity index (χ0n) is 21.6. The second kappa shape index (κ2) is 11.0. The number of hydrazine groups is 1. The van der Waals surface area contributed by atoms with Gasteiger partial charge in [0.2, 0.25) is 0 Å². The van der Waals surface area contributed by atoms with Crippen LogP contribution < -0.4 is 14.9 Å². The number of hydrogen-bond donors (Lipinski definition) is 2.